The number of ether oxygens (including phenoxy) is 1. The quantitative estimate of drug-likeness (QED) is 0.821. The van der Waals surface area contributed by atoms with Crippen LogP contribution in [0.3, 0.4) is 0 Å². The lowest BCUT2D eigenvalue weighted by Crippen LogP contribution is -2.14. The van der Waals surface area contributed by atoms with Crippen LogP contribution in [-0.4, -0.2) is 28.9 Å². The van der Waals surface area contributed by atoms with Crippen molar-refractivity contribution in [1.82, 2.24) is 10.1 Å². The Morgan fingerprint density at radius 3 is 2.89 bits per heavy atom. The summed E-state index contributed by atoms with van der Waals surface area (Å²) in [4.78, 5) is 4.48. The number of hydrogen-bond donors (Lipinski definition) is 1. The van der Waals surface area contributed by atoms with Crippen LogP contribution in [0.4, 0.5) is 0 Å². The number of rotatable bonds is 7. The Morgan fingerprint density at radius 1 is 1.37 bits per heavy atom. The van der Waals surface area contributed by atoms with E-state index in [-0.39, 0.29) is 12.1 Å². The second kappa shape index (κ2) is 7.01. The third kappa shape index (κ3) is 4.58. The van der Waals surface area contributed by atoms with Crippen molar-refractivity contribution in [2.24, 2.45) is 5.73 Å². The molecule has 5 nitrogen and oxygen atoms in total. The zero-order valence-electron chi connectivity index (χ0n) is 12.0. The molecule has 0 bridgehead atoms. The van der Waals surface area contributed by atoms with Crippen molar-refractivity contribution in [3.63, 3.8) is 0 Å². The molecule has 2 heterocycles. The predicted molar refractivity (Wildman–Crippen MR) is 72.9 cm³/mol. The predicted octanol–water partition coefficient (Wildman–Crippen LogP) is 2.41. The lowest BCUT2D eigenvalue weighted by Gasteiger charge is -2.08. The molecule has 2 N–H and O–H groups in total. The molecule has 1 aromatic rings. The van der Waals surface area contributed by atoms with Crippen LogP contribution >= 0.6 is 0 Å². The van der Waals surface area contributed by atoms with Gasteiger partial charge in [-0.3, -0.25) is 0 Å². The summed E-state index contributed by atoms with van der Waals surface area (Å²) in [6, 6.07) is 0.268. The van der Waals surface area contributed by atoms with Gasteiger partial charge in [-0.15, -0.1) is 0 Å². The van der Waals surface area contributed by atoms with Gasteiger partial charge in [0.15, 0.2) is 5.82 Å². The van der Waals surface area contributed by atoms with Crippen LogP contribution in [0.25, 0.3) is 0 Å². The molecule has 3 atom stereocenters. The van der Waals surface area contributed by atoms with Gasteiger partial charge in [0, 0.05) is 25.0 Å². The van der Waals surface area contributed by atoms with Crippen molar-refractivity contribution in [2.45, 2.75) is 70.4 Å². The molecule has 19 heavy (non-hydrogen) atoms. The minimum Gasteiger partial charge on any atom is -0.378 e. The highest BCUT2D eigenvalue weighted by Gasteiger charge is 2.20. The summed E-state index contributed by atoms with van der Waals surface area (Å²) in [6.45, 7) is 5.03. The number of hydrogen-bond acceptors (Lipinski definition) is 5. The summed E-state index contributed by atoms with van der Waals surface area (Å²) in [5.74, 6) is 1.84. The summed E-state index contributed by atoms with van der Waals surface area (Å²) in [5.41, 5.74) is 5.75. The van der Waals surface area contributed by atoms with Gasteiger partial charge >= 0.3 is 0 Å². The Hall–Kier alpha value is -0.940. The van der Waals surface area contributed by atoms with Gasteiger partial charge < -0.3 is 15.0 Å². The number of nitrogens with zero attached hydrogens (tertiary/aromatic N) is 2. The van der Waals surface area contributed by atoms with Crippen LogP contribution < -0.4 is 5.73 Å². The van der Waals surface area contributed by atoms with Crippen LogP contribution in [-0.2, 0) is 11.2 Å². The van der Waals surface area contributed by atoms with Gasteiger partial charge in [0.25, 0.3) is 0 Å². The SMILES string of the molecule is CC(N)CCCC(C)c1nc(CC2CCCO2)no1. The summed E-state index contributed by atoms with van der Waals surface area (Å²) in [7, 11) is 0. The van der Waals surface area contributed by atoms with Crippen LogP contribution in [0.5, 0.6) is 0 Å². The summed E-state index contributed by atoms with van der Waals surface area (Å²) >= 11 is 0. The van der Waals surface area contributed by atoms with E-state index in [4.69, 9.17) is 15.0 Å². The van der Waals surface area contributed by atoms with Gasteiger partial charge in [0.2, 0.25) is 5.89 Å². The first kappa shape index (κ1) is 14.5. The monoisotopic (exact) mass is 267 g/mol. The average molecular weight is 267 g/mol. The highest BCUT2D eigenvalue weighted by molar-refractivity contribution is 4.94. The zero-order valence-corrected chi connectivity index (χ0v) is 12.0. The van der Waals surface area contributed by atoms with Crippen LogP contribution in [0.15, 0.2) is 4.52 Å². The maximum Gasteiger partial charge on any atom is 0.229 e. The molecular formula is C14H25N3O2. The molecule has 3 unspecified atom stereocenters. The molecule has 5 heteroatoms. The summed E-state index contributed by atoms with van der Waals surface area (Å²) in [6.07, 6.45) is 6.48. The van der Waals surface area contributed by atoms with E-state index in [1.165, 1.54) is 0 Å². The first-order chi connectivity index (χ1) is 9.15. The molecule has 0 saturated carbocycles. The van der Waals surface area contributed by atoms with E-state index >= 15 is 0 Å². The van der Waals surface area contributed by atoms with Crippen molar-refractivity contribution >= 4 is 0 Å². The second-order valence-corrected chi connectivity index (χ2v) is 5.70. The van der Waals surface area contributed by atoms with Gasteiger partial charge in [-0.25, -0.2) is 0 Å². The van der Waals surface area contributed by atoms with E-state index < -0.39 is 0 Å². The van der Waals surface area contributed by atoms with E-state index in [1.54, 1.807) is 0 Å². The first-order valence-electron chi connectivity index (χ1n) is 7.35. The molecule has 1 aliphatic heterocycles. The first-order valence-corrected chi connectivity index (χ1v) is 7.35. The highest BCUT2D eigenvalue weighted by atomic mass is 16.5. The van der Waals surface area contributed by atoms with Gasteiger partial charge in [-0.05, 0) is 32.6 Å². The Labute approximate surface area is 114 Å². The van der Waals surface area contributed by atoms with Crippen molar-refractivity contribution < 1.29 is 9.26 Å². The molecule has 0 aliphatic carbocycles. The van der Waals surface area contributed by atoms with Crippen molar-refractivity contribution in [3.8, 4) is 0 Å². The van der Waals surface area contributed by atoms with Crippen LogP contribution in [0.2, 0.25) is 0 Å². The Kier molecular flexibility index (Phi) is 5.34. The standard InChI is InChI=1S/C14H25N3O2/c1-10(5-3-6-11(2)15)14-16-13(17-19-14)9-12-7-4-8-18-12/h10-12H,3-9,15H2,1-2H3. The molecule has 1 aliphatic rings. The third-order valence-electron chi connectivity index (χ3n) is 3.64. The largest absolute Gasteiger partial charge is 0.378 e. The van der Waals surface area contributed by atoms with Gasteiger partial charge in [0.1, 0.15) is 0 Å². The lowest BCUT2D eigenvalue weighted by molar-refractivity contribution is 0.109. The van der Waals surface area contributed by atoms with E-state index in [0.717, 1.165) is 56.8 Å². The minimum absolute atomic E-state index is 0.268. The van der Waals surface area contributed by atoms with Crippen molar-refractivity contribution in [2.75, 3.05) is 6.61 Å². The Morgan fingerprint density at radius 2 is 2.21 bits per heavy atom. The highest BCUT2D eigenvalue weighted by Crippen LogP contribution is 2.21. The maximum absolute atomic E-state index is 5.75. The molecule has 0 amide bonds. The fourth-order valence-electron chi connectivity index (χ4n) is 2.43. The molecule has 0 spiro atoms. The minimum atomic E-state index is 0.268. The third-order valence-corrected chi connectivity index (χ3v) is 3.64. The van der Waals surface area contributed by atoms with Crippen molar-refractivity contribution in [1.29, 1.82) is 0 Å². The smallest absolute Gasteiger partial charge is 0.229 e. The van der Waals surface area contributed by atoms with Crippen molar-refractivity contribution in [3.05, 3.63) is 11.7 Å². The molecule has 108 valence electrons. The van der Waals surface area contributed by atoms with Crippen LogP contribution in [0.1, 0.15) is 63.6 Å². The average Bonchev–Trinajstić information content (AvgIpc) is 3.00. The van der Waals surface area contributed by atoms with Gasteiger partial charge in [-0.2, -0.15) is 4.98 Å². The molecule has 2 rings (SSSR count). The van der Waals surface area contributed by atoms with E-state index in [1.807, 2.05) is 6.92 Å². The molecule has 1 aromatic heterocycles. The second-order valence-electron chi connectivity index (χ2n) is 5.70. The van der Waals surface area contributed by atoms with Gasteiger partial charge in [0.05, 0.1) is 6.10 Å². The number of nitrogens with two attached hydrogens (primary N) is 1. The lowest BCUT2D eigenvalue weighted by atomic mass is 10.0. The van der Waals surface area contributed by atoms with E-state index in [9.17, 15) is 0 Å². The zero-order chi connectivity index (χ0) is 13.7. The molecule has 1 fully saturated rings. The van der Waals surface area contributed by atoms with E-state index in [0.29, 0.717) is 5.92 Å². The maximum atomic E-state index is 5.75. The topological polar surface area (TPSA) is 74.2 Å². The molecule has 0 aromatic carbocycles. The molecular weight excluding hydrogens is 242 g/mol. The summed E-state index contributed by atoms with van der Waals surface area (Å²) < 4.78 is 10.9. The number of aromatic nitrogens is 2. The Bertz CT molecular complexity index is 373. The molecule has 1 saturated heterocycles. The molecule has 0 radical (unpaired) electrons. The Balaban J connectivity index is 1.78. The fourth-order valence-corrected chi connectivity index (χ4v) is 2.43. The normalized spacial score (nSPS) is 22.6. The van der Waals surface area contributed by atoms with E-state index in [2.05, 4.69) is 17.1 Å². The van der Waals surface area contributed by atoms with Gasteiger partial charge in [-0.1, -0.05) is 18.5 Å². The summed E-state index contributed by atoms with van der Waals surface area (Å²) in [5, 5.41) is 4.05. The fraction of sp³-hybridized carbons (Fsp3) is 0.857. The van der Waals surface area contributed by atoms with Crippen LogP contribution in [0, 0.1) is 0 Å².